The number of alkyl halides is 1. The molecule has 0 N–H and O–H groups in total. The number of hydrogen-bond donors (Lipinski definition) is 0. The molecule has 0 radical (unpaired) electrons. The first-order chi connectivity index (χ1) is 2.64. The van der Waals surface area contributed by atoms with Gasteiger partial charge in [0.2, 0.25) is 0 Å². The van der Waals surface area contributed by atoms with E-state index in [9.17, 15) is 4.79 Å². The minimum Gasteiger partial charge on any atom is -0.299 e. The van der Waals surface area contributed by atoms with E-state index >= 15 is 0 Å². The van der Waals surface area contributed by atoms with Gasteiger partial charge in [0.15, 0.2) is 0 Å². The van der Waals surface area contributed by atoms with E-state index in [0.717, 1.165) is 0 Å². The van der Waals surface area contributed by atoms with Crippen molar-refractivity contribution in [3.05, 3.63) is 0 Å². The Bertz CT molecular complexity index is 58.6. The van der Waals surface area contributed by atoms with Crippen LogP contribution in [-0.2, 0) is 4.79 Å². The van der Waals surface area contributed by atoms with Crippen LogP contribution in [0.5, 0.6) is 0 Å². The summed E-state index contributed by atoms with van der Waals surface area (Å²) in [5.41, 5.74) is 0. The number of carbonyl (C=O) groups excluding carboxylic acids is 1. The van der Waals surface area contributed by atoms with Gasteiger partial charge in [-0.15, -0.1) is 0 Å². The lowest BCUT2D eigenvalue weighted by atomic mass is 10.4. The van der Waals surface area contributed by atoms with Crippen LogP contribution in [0.4, 0.5) is 0 Å². The molecule has 1 nitrogen and oxygen atoms in total. The van der Waals surface area contributed by atoms with Gasteiger partial charge in [-0.1, -0.05) is 15.9 Å². The summed E-state index contributed by atoms with van der Waals surface area (Å²) in [7, 11) is 0. The number of carbonyl (C=O) groups is 1. The molecule has 0 aliphatic carbocycles. The van der Waals surface area contributed by atoms with Crippen molar-refractivity contribution in [1.82, 2.24) is 0 Å². The molecule has 6 heavy (non-hydrogen) atoms. The first-order valence-electron chi connectivity index (χ1n) is 1.79. The zero-order chi connectivity index (χ0) is 5.15. The monoisotopic (exact) mass is 150 g/mol. The number of ketones is 1. The van der Waals surface area contributed by atoms with Gasteiger partial charge in [0, 0.05) is 0 Å². The molecule has 0 saturated carbocycles. The zero-order valence-electron chi connectivity index (χ0n) is 3.86. The third-order valence-corrected chi connectivity index (χ3v) is 1.20. The molecule has 0 bridgehead atoms. The second-order valence-electron chi connectivity index (χ2n) is 1.23. The van der Waals surface area contributed by atoms with Gasteiger partial charge in [-0.25, -0.2) is 0 Å². The predicted octanol–water partition coefficient (Wildman–Crippen LogP) is 1.36. The van der Waals surface area contributed by atoms with Crippen LogP contribution >= 0.6 is 15.9 Å². The summed E-state index contributed by atoms with van der Waals surface area (Å²) < 4.78 is 0. The third kappa shape index (κ3) is 2.39. The Morgan fingerprint density at radius 3 is 2.00 bits per heavy atom. The topological polar surface area (TPSA) is 17.1 Å². The summed E-state index contributed by atoms with van der Waals surface area (Å²) >= 11 is 3.09. The summed E-state index contributed by atoms with van der Waals surface area (Å²) in [5, 5.41) is 0. The highest BCUT2D eigenvalue weighted by atomic mass is 79.9. The highest BCUT2D eigenvalue weighted by Gasteiger charge is 1.97. The van der Waals surface area contributed by atoms with E-state index in [-0.39, 0.29) is 10.6 Å². The highest BCUT2D eigenvalue weighted by molar-refractivity contribution is 9.10. The molecular formula is C4H7BrO. The molecule has 2 heteroatoms. The average molecular weight is 151 g/mol. The van der Waals surface area contributed by atoms with Gasteiger partial charge in [-0.2, -0.15) is 0 Å². The maximum atomic E-state index is 10.1. The smallest absolute Gasteiger partial charge is 0.143 e. The van der Waals surface area contributed by atoms with E-state index in [4.69, 9.17) is 0 Å². The van der Waals surface area contributed by atoms with Crippen molar-refractivity contribution in [3.8, 4) is 0 Å². The Hall–Kier alpha value is 0.150. The molecule has 0 aliphatic heterocycles. The number of Topliss-reactive ketones (excluding diaryl/α,β-unsaturated/α-hetero) is 1. The second kappa shape index (κ2) is 2.35. The van der Waals surface area contributed by atoms with E-state index < -0.39 is 0 Å². The fraction of sp³-hybridized carbons (Fsp3) is 0.750. The third-order valence-electron chi connectivity index (χ3n) is 0.560. The van der Waals surface area contributed by atoms with Crippen molar-refractivity contribution >= 4 is 21.7 Å². The summed E-state index contributed by atoms with van der Waals surface area (Å²) in [4.78, 5) is 10.1. The summed E-state index contributed by atoms with van der Waals surface area (Å²) in [5.74, 6) is 0.176. The molecule has 0 aromatic carbocycles. The minimum atomic E-state index is 0.0255. The Morgan fingerprint density at radius 1 is 1.83 bits per heavy atom. The molecule has 0 heterocycles. The first-order valence-corrected chi connectivity index (χ1v) is 2.70. The van der Waals surface area contributed by atoms with Crippen molar-refractivity contribution in [2.45, 2.75) is 18.7 Å². The molecule has 0 saturated heterocycles. The standard InChI is InChI=1S/C4H7BrO/c1-3(5)4(2)6/h3H,1-2H3/t3-/m1/s1. The molecular weight excluding hydrogens is 144 g/mol. The Kier molecular flexibility index (Phi) is 2.40. The fourth-order valence-electron chi connectivity index (χ4n) is 0. The molecule has 1 atom stereocenters. The van der Waals surface area contributed by atoms with E-state index in [1.54, 1.807) is 6.92 Å². The Morgan fingerprint density at radius 2 is 2.00 bits per heavy atom. The van der Waals surface area contributed by atoms with Gasteiger partial charge in [0.25, 0.3) is 0 Å². The first kappa shape index (κ1) is 6.15. The van der Waals surface area contributed by atoms with Crippen LogP contribution in [0.1, 0.15) is 13.8 Å². The molecule has 0 aromatic rings. The normalized spacial score (nSPS) is 13.8. The summed E-state index contributed by atoms with van der Waals surface area (Å²) in [6.07, 6.45) is 0. The SMILES string of the molecule is CC(=O)[C@@H](C)Br. The molecule has 0 amide bonds. The Balaban J connectivity index is 3.26. The largest absolute Gasteiger partial charge is 0.299 e. The molecule has 0 aromatic heterocycles. The van der Waals surface area contributed by atoms with Crippen LogP contribution in [0.2, 0.25) is 0 Å². The second-order valence-corrected chi connectivity index (χ2v) is 2.60. The lowest BCUT2D eigenvalue weighted by Gasteiger charge is -1.88. The van der Waals surface area contributed by atoms with Crippen LogP contribution in [-0.4, -0.2) is 10.6 Å². The van der Waals surface area contributed by atoms with Crippen LogP contribution < -0.4 is 0 Å². The van der Waals surface area contributed by atoms with E-state index in [2.05, 4.69) is 15.9 Å². The maximum Gasteiger partial charge on any atom is 0.143 e. The molecule has 0 aliphatic rings. The Labute approximate surface area is 45.9 Å². The van der Waals surface area contributed by atoms with Gasteiger partial charge in [-0.3, -0.25) is 4.79 Å². The quantitative estimate of drug-likeness (QED) is 0.517. The van der Waals surface area contributed by atoms with Gasteiger partial charge < -0.3 is 0 Å². The van der Waals surface area contributed by atoms with Crippen LogP contribution in [0.3, 0.4) is 0 Å². The number of halogens is 1. The highest BCUT2D eigenvalue weighted by Crippen LogP contribution is 1.95. The molecule has 0 rings (SSSR count). The summed E-state index contributed by atoms with van der Waals surface area (Å²) in [6, 6.07) is 0. The van der Waals surface area contributed by atoms with Gasteiger partial charge >= 0.3 is 0 Å². The van der Waals surface area contributed by atoms with Crippen molar-refractivity contribution in [2.75, 3.05) is 0 Å². The van der Waals surface area contributed by atoms with E-state index in [1.165, 1.54) is 0 Å². The average Bonchev–Trinajstić information content (AvgIpc) is 1.36. The molecule has 36 valence electrons. The minimum absolute atomic E-state index is 0.0255. The molecule has 0 fully saturated rings. The van der Waals surface area contributed by atoms with Gasteiger partial charge in [0.05, 0.1) is 4.83 Å². The van der Waals surface area contributed by atoms with Crippen molar-refractivity contribution in [1.29, 1.82) is 0 Å². The summed E-state index contributed by atoms with van der Waals surface area (Å²) in [6.45, 7) is 3.36. The number of rotatable bonds is 1. The van der Waals surface area contributed by atoms with E-state index in [0.29, 0.717) is 0 Å². The van der Waals surface area contributed by atoms with Gasteiger partial charge in [-0.05, 0) is 13.8 Å². The molecule has 0 unspecified atom stereocenters. The number of hydrogen-bond acceptors (Lipinski definition) is 1. The van der Waals surface area contributed by atoms with Crippen molar-refractivity contribution in [2.24, 2.45) is 0 Å². The van der Waals surface area contributed by atoms with Crippen LogP contribution in [0.15, 0.2) is 0 Å². The fourth-order valence-corrected chi connectivity index (χ4v) is 0. The maximum absolute atomic E-state index is 10.1. The van der Waals surface area contributed by atoms with Crippen LogP contribution in [0, 0.1) is 0 Å². The van der Waals surface area contributed by atoms with Crippen LogP contribution in [0.25, 0.3) is 0 Å². The zero-order valence-corrected chi connectivity index (χ0v) is 5.45. The molecule has 0 spiro atoms. The van der Waals surface area contributed by atoms with Gasteiger partial charge in [0.1, 0.15) is 5.78 Å². The lowest BCUT2D eigenvalue weighted by Crippen LogP contribution is -2.01. The predicted molar refractivity (Wildman–Crippen MR) is 29.1 cm³/mol. The van der Waals surface area contributed by atoms with E-state index in [1.807, 2.05) is 6.92 Å². The van der Waals surface area contributed by atoms with Crippen molar-refractivity contribution in [3.63, 3.8) is 0 Å². The lowest BCUT2D eigenvalue weighted by molar-refractivity contribution is -0.116. The van der Waals surface area contributed by atoms with Crippen molar-refractivity contribution < 1.29 is 4.79 Å².